The molecule has 56 valence electrons. The number of carbonyl (C=O) groups is 2. The molecule has 1 aromatic rings. The molecule has 1 heterocycles. The van der Waals surface area contributed by atoms with Crippen molar-refractivity contribution in [3.8, 4) is 0 Å². The number of rotatable bonds is 2. The fourth-order valence-electron chi connectivity index (χ4n) is 0.509. The van der Waals surface area contributed by atoms with Gasteiger partial charge in [0.15, 0.2) is 12.0 Å². The Bertz CT molecular complexity index is 280. The average molecular weight is 152 g/mol. The number of hydrogen-bond acceptors (Lipinski definition) is 4. The van der Waals surface area contributed by atoms with Crippen LogP contribution in [0.3, 0.4) is 0 Å². The number of hydrogen-bond donors (Lipinski definition) is 1. The second-order valence-corrected chi connectivity index (χ2v) is 1.75. The summed E-state index contributed by atoms with van der Waals surface area (Å²) in [6, 6.07) is 0. The number of aromatic nitrogens is 2. The van der Waals surface area contributed by atoms with Crippen molar-refractivity contribution in [2.24, 2.45) is 0 Å². The topological polar surface area (TPSA) is 80.2 Å². The van der Waals surface area contributed by atoms with Crippen molar-refractivity contribution in [1.29, 1.82) is 0 Å². The van der Waals surface area contributed by atoms with E-state index in [9.17, 15) is 9.59 Å². The lowest BCUT2D eigenvalue weighted by Crippen LogP contribution is -2.01. The maximum Gasteiger partial charge on any atom is 0.356 e. The van der Waals surface area contributed by atoms with E-state index in [0.29, 0.717) is 6.29 Å². The predicted molar refractivity (Wildman–Crippen MR) is 34.4 cm³/mol. The van der Waals surface area contributed by atoms with E-state index in [1.54, 1.807) is 0 Å². The molecule has 0 saturated carbocycles. The van der Waals surface area contributed by atoms with Crippen molar-refractivity contribution >= 4 is 12.3 Å². The van der Waals surface area contributed by atoms with Gasteiger partial charge < -0.3 is 5.11 Å². The Labute approximate surface area is 61.7 Å². The van der Waals surface area contributed by atoms with Gasteiger partial charge in [-0.05, 0) is 0 Å². The smallest absolute Gasteiger partial charge is 0.356 e. The third-order valence-corrected chi connectivity index (χ3v) is 1.01. The molecule has 0 radical (unpaired) electrons. The summed E-state index contributed by atoms with van der Waals surface area (Å²) in [5.74, 6) is -1.16. The lowest BCUT2D eigenvalue weighted by Gasteiger charge is -1.90. The number of carbonyl (C=O) groups excluding carboxylic acids is 1. The highest BCUT2D eigenvalue weighted by molar-refractivity contribution is 5.85. The highest BCUT2D eigenvalue weighted by atomic mass is 16.4. The van der Waals surface area contributed by atoms with Gasteiger partial charge in [0, 0.05) is 0 Å². The van der Waals surface area contributed by atoms with Crippen molar-refractivity contribution in [1.82, 2.24) is 9.97 Å². The standard InChI is InChI=1S/C6H4N2O3/c9-3-4-1-8-5(2-7-4)6(10)11/h1-3H,(H,10,11). The molecule has 5 heteroatoms. The van der Waals surface area contributed by atoms with Gasteiger partial charge in [0.1, 0.15) is 5.69 Å². The molecule has 0 unspecified atom stereocenters. The SMILES string of the molecule is O=Cc1cnc(C(=O)O)cn1. The first-order valence-electron chi connectivity index (χ1n) is 2.74. The normalized spacial score (nSPS) is 9.09. The van der Waals surface area contributed by atoms with Crippen LogP contribution in [0.4, 0.5) is 0 Å². The van der Waals surface area contributed by atoms with Gasteiger partial charge in [-0.3, -0.25) is 4.79 Å². The van der Waals surface area contributed by atoms with Gasteiger partial charge in [0.2, 0.25) is 0 Å². The fourth-order valence-corrected chi connectivity index (χ4v) is 0.509. The summed E-state index contributed by atoms with van der Waals surface area (Å²) in [6.07, 6.45) is 2.64. The molecule has 0 aliphatic heterocycles. The van der Waals surface area contributed by atoms with Crippen LogP contribution in [0, 0.1) is 0 Å². The Hall–Kier alpha value is -1.78. The zero-order chi connectivity index (χ0) is 8.27. The summed E-state index contributed by atoms with van der Waals surface area (Å²) in [7, 11) is 0. The molecular formula is C6H4N2O3. The van der Waals surface area contributed by atoms with E-state index >= 15 is 0 Å². The van der Waals surface area contributed by atoms with Gasteiger partial charge in [-0.2, -0.15) is 0 Å². The second kappa shape index (κ2) is 2.87. The Morgan fingerprint density at radius 2 is 2.18 bits per heavy atom. The largest absolute Gasteiger partial charge is 0.476 e. The van der Waals surface area contributed by atoms with Crippen LogP contribution in [0.25, 0.3) is 0 Å². The van der Waals surface area contributed by atoms with Crippen LogP contribution in [0.2, 0.25) is 0 Å². The lowest BCUT2D eigenvalue weighted by molar-refractivity contribution is 0.0689. The molecule has 0 spiro atoms. The molecule has 0 atom stereocenters. The minimum Gasteiger partial charge on any atom is -0.476 e. The first kappa shape index (κ1) is 7.33. The van der Waals surface area contributed by atoms with E-state index in [1.165, 1.54) is 0 Å². The monoisotopic (exact) mass is 152 g/mol. The van der Waals surface area contributed by atoms with Crippen molar-refractivity contribution in [2.45, 2.75) is 0 Å². The molecule has 0 fully saturated rings. The van der Waals surface area contributed by atoms with E-state index in [2.05, 4.69) is 9.97 Å². The molecule has 5 nitrogen and oxygen atoms in total. The molecule has 11 heavy (non-hydrogen) atoms. The predicted octanol–water partition coefficient (Wildman–Crippen LogP) is -0.0127. The number of aldehydes is 1. The van der Waals surface area contributed by atoms with Crippen LogP contribution >= 0.6 is 0 Å². The summed E-state index contributed by atoms with van der Waals surface area (Å²) in [5.41, 5.74) is -0.0504. The lowest BCUT2D eigenvalue weighted by atomic mass is 10.4. The first-order valence-corrected chi connectivity index (χ1v) is 2.74. The Morgan fingerprint density at radius 1 is 1.45 bits per heavy atom. The Kier molecular flexibility index (Phi) is 1.91. The van der Waals surface area contributed by atoms with Crippen LogP contribution in [0.15, 0.2) is 12.4 Å². The maximum absolute atomic E-state index is 10.2. The first-order chi connectivity index (χ1) is 5.24. The molecule has 0 aliphatic carbocycles. The van der Waals surface area contributed by atoms with Gasteiger partial charge in [-0.1, -0.05) is 0 Å². The minimum atomic E-state index is -1.16. The van der Waals surface area contributed by atoms with Crippen LogP contribution in [0.1, 0.15) is 21.0 Å². The van der Waals surface area contributed by atoms with E-state index < -0.39 is 5.97 Å². The van der Waals surface area contributed by atoms with Gasteiger partial charge in [-0.15, -0.1) is 0 Å². The summed E-state index contributed by atoms with van der Waals surface area (Å²) in [5, 5.41) is 8.36. The van der Waals surface area contributed by atoms with Gasteiger partial charge in [-0.25, -0.2) is 14.8 Å². The summed E-state index contributed by atoms with van der Waals surface area (Å²) in [4.78, 5) is 27.2. The summed E-state index contributed by atoms with van der Waals surface area (Å²) in [6.45, 7) is 0. The summed E-state index contributed by atoms with van der Waals surface area (Å²) >= 11 is 0. The number of carboxylic acids is 1. The van der Waals surface area contributed by atoms with Gasteiger partial charge >= 0.3 is 5.97 Å². The van der Waals surface area contributed by atoms with Crippen molar-refractivity contribution < 1.29 is 14.7 Å². The molecular weight excluding hydrogens is 148 g/mol. The van der Waals surface area contributed by atoms with E-state index in [-0.39, 0.29) is 11.4 Å². The molecule has 0 bridgehead atoms. The zero-order valence-corrected chi connectivity index (χ0v) is 5.39. The number of aromatic carboxylic acids is 1. The minimum absolute atomic E-state index is 0.120. The molecule has 0 amide bonds. The highest BCUT2D eigenvalue weighted by Gasteiger charge is 2.03. The van der Waals surface area contributed by atoms with Crippen LogP contribution < -0.4 is 0 Å². The van der Waals surface area contributed by atoms with Crippen molar-refractivity contribution in [3.05, 3.63) is 23.8 Å². The second-order valence-electron chi connectivity index (χ2n) is 1.75. The quantitative estimate of drug-likeness (QED) is 0.602. The molecule has 1 rings (SSSR count). The third-order valence-electron chi connectivity index (χ3n) is 1.01. The van der Waals surface area contributed by atoms with E-state index in [4.69, 9.17) is 5.11 Å². The highest BCUT2D eigenvalue weighted by Crippen LogP contribution is 1.91. The maximum atomic E-state index is 10.2. The van der Waals surface area contributed by atoms with Gasteiger partial charge in [0.25, 0.3) is 0 Å². The van der Waals surface area contributed by atoms with Crippen LogP contribution in [-0.2, 0) is 0 Å². The Balaban J connectivity index is 3.00. The Morgan fingerprint density at radius 3 is 2.55 bits per heavy atom. The third kappa shape index (κ3) is 1.57. The van der Waals surface area contributed by atoms with Crippen LogP contribution in [0.5, 0.6) is 0 Å². The van der Waals surface area contributed by atoms with Crippen LogP contribution in [-0.4, -0.2) is 27.3 Å². The zero-order valence-electron chi connectivity index (χ0n) is 5.39. The van der Waals surface area contributed by atoms with Crippen molar-refractivity contribution in [2.75, 3.05) is 0 Å². The van der Waals surface area contributed by atoms with Crippen molar-refractivity contribution in [3.63, 3.8) is 0 Å². The average Bonchev–Trinajstić information content (AvgIpc) is 2.05. The molecule has 1 N–H and O–H groups in total. The fraction of sp³-hybridized carbons (Fsp3) is 0. The molecule has 0 aromatic carbocycles. The summed E-state index contributed by atoms with van der Waals surface area (Å²) < 4.78 is 0. The van der Waals surface area contributed by atoms with Gasteiger partial charge in [0.05, 0.1) is 12.4 Å². The van der Waals surface area contributed by atoms with E-state index in [0.717, 1.165) is 12.4 Å². The molecule has 1 aromatic heterocycles. The number of carboxylic acid groups (broad SMARTS) is 1. The number of nitrogens with zero attached hydrogens (tertiary/aromatic N) is 2. The molecule has 0 saturated heterocycles. The molecule has 0 aliphatic rings. The van der Waals surface area contributed by atoms with E-state index in [1.807, 2.05) is 0 Å².